The maximum absolute atomic E-state index is 14.1. The molecule has 0 spiro atoms. The van der Waals surface area contributed by atoms with Gasteiger partial charge in [0.1, 0.15) is 11.6 Å². The van der Waals surface area contributed by atoms with Crippen molar-refractivity contribution in [2.24, 2.45) is 0 Å². The van der Waals surface area contributed by atoms with Gasteiger partial charge in [0.2, 0.25) is 0 Å². The van der Waals surface area contributed by atoms with Gasteiger partial charge in [-0.1, -0.05) is 6.92 Å². The van der Waals surface area contributed by atoms with Gasteiger partial charge in [0.25, 0.3) is 0 Å². The molecule has 0 fully saturated rings. The van der Waals surface area contributed by atoms with Crippen LogP contribution in [0.15, 0.2) is 12.1 Å². The summed E-state index contributed by atoms with van der Waals surface area (Å²) in [5.74, 6) is -1.82. The SMILES string of the molecule is CCOC(=O)c1ccc(OC(C)=O)c(CC)c1F. The molecule has 0 unspecified atom stereocenters. The van der Waals surface area contributed by atoms with Gasteiger partial charge in [0, 0.05) is 12.5 Å². The first-order valence-corrected chi connectivity index (χ1v) is 5.68. The van der Waals surface area contributed by atoms with E-state index in [2.05, 4.69) is 0 Å². The second-order valence-electron chi connectivity index (χ2n) is 3.57. The zero-order valence-electron chi connectivity index (χ0n) is 10.6. The maximum Gasteiger partial charge on any atom is 0.341 e. The zero-order valence-corrected chi connectivity index (χ0v) is 10.6. The van der Waals surface area contributed by atoms with E-state index in [9.17, 15) is 14.0 Å². The summed E-state index contributed by atoms with van der Waals surface area (Å²) in [6, 6.07) is 2.65. The molecule has 1 rings (SSSR count). The summed E-state index contributed by atoms with van der Waals surface area (Å²) in [7, 11) is 0. The molecule has 0 aliphatic rings. The molecular formula is C13H15FO4. The van der Waals surface area contributed by atoms with Crippen molar-refractivity contribution in [1.29, 1.82) is 0 Å². The third kappa shape index (κ3) is 3.06. The molecule has 18 heavy (non-hydrogen) atoms. The van der Waals surface area contributed by atoms with Crippen LogP contribution in [-0.2, 0) is 16.0 Å². The number of ether oxygens (including phenoxy) is 2. The van der Waals surface area contributed by atoms with E-state index in [4.69, 9.17) is 9.47 Å². The molecule has 1 aromatic rings. The maximum atomic E-state index is 14.1. The number of carbonyl (C=O) groups excluding carboxylic acids is 2. The normalized spacial score (nSPS) is 10.0. The van der Waals surface area contributed by atoms with Gasteiger partial charge in [-0.2, -0.15) is 0 Å². The van der Waals surface area contributed by atoms with Gasteiger partial charge in [0.05, 0.1) is 12.2 Å². The summed E-state index contributed by atoms with van der Waals surface area (Å²) < 4.78 is 23.7. The molecule has 0 aromatic heterocycles. The van der Waals surface area contributed by atoms with Crippen LogP contribution in [0.3, 0.4) is 0 Å². The highest BCUT2D eigenvalue weighted by Gasteiger charge is 2.19. The van der Waals surface area contributed by atoms with Crippen molar-refractivity contribution in [2.45, 2.75) is 27.2 Å². The highest BCUT2D eigenvalue weighted by molar-refractivity contribution is 5.90. The summed E-state index contributed by atoms with van der Waals surface area (Å²) >= 11 is 0. The molecule has 0 atom stereocenters. The number of hydrogen-bond acceptors (Lipinski definition) is 4. The van der Waals surface area contributed by atoms with Gasteiger partial charge in [-0.15, -0.1) is 0 Å². The molecule has 0 aliphatic heterocycles. The average Bonchev–Trinajstić information content (AvgIpc) is 2.29. The molecule has 0 saturated carbocycles. The van der Waals surface area contributed by atoms with Gasteiger partial charge in [-0.05, 0) is 25.5 Å². The Bertz CT molecular complexity index is 468. The van der Waals surface area contributed by atoms with E-state index in [1.54, 1.807) is 13.8 Å². The zero-order chi connectivity index (χ0) is 13.7. The van der Waals surface area contributed by atoms with E-state index in [1.807, 2.05) is 0 Å². The minimum absolute atomic E-state index is 0.135. The molecule has 0 bridgehead atoms. The third-order valence-electron chi connectivity index (χ3n) is 2.30. The number of halogens is 1. The molecule has 0 radical (unpaired) electrons. The summed E-state index contributed by atoms with van der Waals surface area (Å²) in [6.07, 6.45) is 0.307. The van der Waals surface area contributed by atoms with Crippen LogP contribution in [-0.4, -0.2) is 18.5 Å². The van der Waals surface area contributed by atoms with E-state index >= 15 is 0 Å². The molecule has 0 amide bonds. The summed E-state index contributed by atoms with van der Waals surface area (Å²) in [6.45, 7) is 4.76. The van der Waals surface area contributed by atoms with Crippen LogP contribution in [0.25, 0.3) is 0 Å². The minimum Gasteiger partial charge on any atom is -0.462 e. The Hall–Kier alpha value is -1.91. The van der Waals surface area contributed by atoms with E-state index in [1.165, 1.54) is 19.1 Å². The van der Waals surface area contributed by atoms with Crippen LogP contribution in [0.1, 0.15) is 36.7 Å². The largest absolute Gasteiger partial charge is 0.462 e. The quantitative estimate of drug-likeness (QED) is 0.612. The highest BCUT2D eigenvalue weighted by atomic mass is 19.1. The lowest BCUT2D eigenvalue weighted by atomic mass is 10.1. The van der Waals surface area contributed by atoms with Crippen LogP contribution in [0.5, 0.6) is 5.75 Å². The second-order valence-corrected chi connectivity index (χ2v) is 3.57. The molecule has 1 aromatic carbocycles. The number of carbonyl (C=O) groups is 2. The Labute approximate surface area is 105 Å². The standard InChI is InChI=1S/C13H15FO4/c1-4-9-11(18-8(3)15)7-6-10(12(9)14)13(16)17-5-2/h6-7H,4-5H2,1-3H3. The average molecular weight is 254 g/mol. The van der Waals surface area contributed by atoms with Crippen LogP contribution < -0.4 is 4.74 Å². The fourth-order valence-electron chi connectivity index (χ4n) is 1.55. The topological polar surface area (TPSA) is 52.6 Å². The Morgan fingerprint density at radius 1 is 1.28 bits per heavy atom. The first kappa shape index (κ1) is 14.2. The van der Waals surface area contributed by atoms with E-state index in [-0.39, 0.29) is 23.5 Å². The van der Waals surface area contributed by atoms with Crippen molar-refractivity contribution in [3.63, 3.8) is 0 Å². The molecule has 98 valence electrons. The molecule has 4 nitrogen and oxygen atoms in total. The van der Waals surface area contributed by atoms with E-state index in [0.717, 1.165) is 0 Å². The molecule has 0 aliphatic carbocycles. The van der Waals surface area contributed by atoms with Crippen molar-refractivity contribution in [3.05, 3.63) is 29.1 Å². The van der Waals surface area contributed by atoms with E-state index in [0.29, 0.717) is 6.42 Å². The first-order chi connectivity index (χ1) is 8.51. The molecule has 0 N–H and O–H groups in total. The van der Waals surface area contributed by atoms with Gasteiger partial charge in [0.15, 0.2) is 0 Å². The summed E-state index contributed by atoms with van der Waals surface area (Å²) in [5, 5.41) is 0. The lowest BCUT2D eigenvalue weighted by molar-refractivity contribution is -0.131. The fraction of sp³-hybridized carbons (Fsp3) is 0.385. The van der Waals surface area contributed by atoms with Crippen molar-refractivity contribution in [1.82, 2.24) is 0 Å². The Balaban J connectivity index is 3.19. The third-order valence-corrected chi connectivity index (χ3v) is 2.30. The van der Waals surface area contributed by atoms with Crippen LogP contribution in [0.2, 0.25) is 0 Å². The second kappa shape index (κ2) is 6.14. The number of hydrogen-bond donors (Lipinski definition) is 0. The van der Waals surface area contributed by atoms with Gasteiger partial charge < -0.3 is 9.47 Å². The molecule has 0 heterocycles. The molecule has 0 saturated heterocycles. The predicted octanol–water partition coefficient (Wildman–Crippen LogP) is 2.49. The van der Waals surface area contributed by atoms with Gasteiger partial charge >= 0.3 is 11.9 Å². The first-order valence-electron chi connectivity index (χ1n) is 5.68. The minimum atomic E-state index is -0.723. The van der Waals surface area contributed by atoms with E-state index < -0.39 is 17.8 Å². The fourth-order valence-corrected chi connectivity index (χ4v) is 1.55. The summed E-state index contributed by atoms with van der Waals surface area (Å²) in [5.41, 5.74) is 0.0420. The smallest absolute Gasteiger partial charge is 0.341 e. The van der Waals surface area contributed by atoms with Gasteiger partial charge in [-0.25, -0.2) is 9.18 Å². The summed E-state index contributed by atoms with van der Waals surface area (Å²) in [4.78, 5) is 22.4. The number of esters is 2. The van der Waals surface area contributed by atoms with Crippen molar-refractivity contribution < 1.29 is 23.5 Å². The number of benzene rings is 1. The Morgan fingerprint density at radius 2 is 1.94 bits per heavy atom. The van der Waals surface area contributed by atoms with Crippen LogP contribution >= 0.6 is 0 Å². The Kier molecular flexibility index (Phi) is 4.83. The lowest BCUT2D eigenvalue weighted by Crippen LogP contribution is -2.11. The van der Waals surface area contributed by atoms with Crippen LogP contribution in [0.4, 0.5) is 4.39 Å². The van der Waals surface area contributed by atoms with Gasteiger partial charge in [-0.3, -0.25) is 4.79 Å². The highest BCUT2D eigenvalue weighted by Crippen LogP contribution is 2.25. The lowest BCUT2D eigenvalue weighted by Gasteiger charge is -2.11. The molecule has 5 heteroatoms. The Morgan fingerprint density at radius 3 is 2.44 bits per heavy atom. The van der Waals surface area contributed by atoms with Crippen molar-refractivity contribution >= 4 is 11.9 Å². The predicted molar refractivity (Wildman–Crippen MR) is 63.0 cm³/mol. The molecular weight excluding hydrogens is 239 g/mol. The monoisotopic (exact) mass is 254 g/mol. The number of rotatable bonds is 4. The van der Waals surface area contributed by atoms with Crippen LogP contribution in [0, 0.1) is 5.82 Å². The van der Waals surface area contributed by atoms with Crippen molar-refractivity contribution in [2.75, 3.05) is 6.61 Å². The van der Waals surface area contributed by atoms with Crippen molar-refractivity contribution in [3.8, 4) is 5.75 Å².